The molecule has 0 unspecified atom stereocenters. The van der Waals surface area contributed by atoms with E-state index < -0.39 is 34.3 Å². The van der Waals surface area contributed by atoms with Gasteiger partial charge in [-0.3, -0.25) is 13.9 Å². The van der Waals surface area contributed by atoms with Crippen molar-refractivity contribution in [2.24, 2.45) is 0 Å². The molecule has 0 saturated heterocycles. The molecule has 0 heterocycles. The molecule has 0 aliphatic heterocycles. The van der Waals surface area contributed by atoms with Crippen LogP contribution in [0.15, 0.2) is 83.8 Å². The van der Waals surface area contributed by atoms with Crippen LogP contribution in [0.3, 0.4) is 0 Å². The number of hydrogen-bond donors (Lipinski definition) is 1. The maximum absolute atomic E-state index is 13.9. The van der Waals surface area contributed by atoms with Crippen LogP contribution < -0.4 is 9.62 Å². The molecular formula is C29H31ClFN3O4S. The predicted octanol–water partition coefficient (Wildman–Crippen LogP) is 5.15. The fraction of sp³-hybridized carbons (Fsp3) is 0.310. The maximum Gasteiger partial charge on any atom is 0.264 e. The highest BCUT2D eigenvalue weighted by Gasteiger charge is 2.33. The topological polar surface area (TPSA) is 86.8 Å². The lowest BCUT2D eigenvalue weighted by atomic mass is 10.1. The number of carbonyl (C=O) groups is 2. The van der Waals surface area contributed by atoms with Gasteiger partial charge in [-0.15, -0.1) is 0 Å². The first-order valence-corrected chi connectivity index (χ1v) is 14.6. The summed E-state index contributed by atoms with van der Waals surface area (Å²) < 4.78 is 42.0. The van der Waals surface area contributed by atoms with Gasteiger partial charge in [0.15, 0.2) is 0 Å². The van der Waals surface area contributed by atoms with E-state index in [0.717, 1.165) is 30.0 Å². The minimum absolute atomic E-state index is 0.00681. The zero-order valence-electron chi connectivity index (χ0n) is 21.6. The van der Waals surface area contributed by atoms with E-state index in [2.05, 4.69) is 5.32 Å². The molecule has 1 atom stereocenters. The van der Waals surface area contributed by atoms with Crippen molar-refractivity contribution in [1.82, 2.24) is 10.2 Å². The van der Waals surface area contributed by atoms with Crippen LogP contribution in [0, 0.1) is 5.82 Å². The van der Waals surface area contributed by atoms with Gasteiger partial charge in [0.2, 0.25) is 11.8 Å². The van der Waals surface area contributed by atoms with Crippen LogP contribution in [0.5, 0.6) is 0 Å². The summed E-state index contributed by atoms with van der Waals surface area (Å²) >= 11 is 6.18. The smallest absolute Gasteiger partial charge is 0.264 e. The maximum atomic E-state index is 13.9. The average molecular weight is 572 g/mol. The second kappa shape index (κ2) is 12.6. The molecule has 1 fully saturated rings. The molecule has 3 aromatic carbocycles. The molecule has 1 N–H and O–H groups in total. The zero-order valence-corrected chi connectivity index (χ0v) is 23.2. The lowest BCUT2D eigenvalue weighted by Gasteiger charge is -2.32. The van der Waals surface area contributed by atoms with E-state index in [1.54, 1.807) is 43.3 Å². The Morgan fingerprint density at radius 3 is 2.31 bits per heavy atom. The van der Waals surface area contributed by atoms with Crippen LogP contribution in [0.4, 0.5) is 10.1 Å². The molecular weight excluding hydrogens is 541 g/mol. The van der Waals surface area contributed by atoms with Gasteiger partial charge < -0.3 is 10.2 Å². The predicted molar refractivity (Wildman–Crippen MR) is 149 cm³/mol. The largest absolute Gasteiger partial charge is 0.352 e. The number of carbonyl (C=O) groups excluding carboxylic acids is 2. The summed E-state index contributed by atoms with van der Waals surface area (Å²) in [7, 11) is -4.17. The van der Waals surface area contributed by atoms with Gasteiger partial charge in [0, 0.05) is 17.6 Å². The average Bonchev–Trinajstić information content (AvgIpc) is 3.44. The fourth-order valence-corrected chi connectivity index (χ4v) is 6.25. The number of rotatable bonds is 10. The van der Waals surface area contributed by atoms with Crippen molar-refractivity contribution in [2.75, 3.05) is 10.8 Å². The molecule has 0 spiro atoms. The Kier molecular flexibility index (Phi) is 9.24. The summed E-state index contributed by atoms with van der Waals surface area (Å²) in [5.74, 6) is -1.34. The number of nitrogens with one attached hydrogen (secondary N) is 1. The first kappa shape index (κ1) is 28.6. The number of anilines is 1. The number of sulfonamides is 1. The lowest BCUT2D eigenvalue weighted by molar-refractivity contribution is -0.139. The van der Waals surface area contributed by atoms with Crippen molar-refractivity contribution in [3.05, 3.63) is 95.3 Å². The van der Waals surface area contributed by atoms with Gasteiger partial charge in [0.1, 0.15) is 18.4 Å². The van der Waals surface area contributed by atoms with Crippen molar-refractivity contribution in [1.29, 1.82) is 0 Å². The van der Waals surface area contributed by atoms with Gasteiger partial charge in [-0.1, -0.05) is 60.8 Å². The molecule has 0 radical (unpaired) electrons. The number of hydrogen-bond acceptors (Lipinski definition) is 4. The molecule has 206 valence electrons. The molecule has 0 aromatic heterocycles. The lowest BCUT2D eigenvalue weighted by Crippen LogP contribution is -2.52. The molecule has 7 nitrogen and oxygen atoms in total. The van der Waals surface area contributed by atoms with Crippen LogP contribution in [0.25, 0.3) is 0 Å². The van der Waals surface area contributed by atoms with Gasteiger partial charge in [0.25, 0.3) is 10.0 Å². The Bertz CT molecular complexity index is 1400. The van der Waals surface area contributed by atoms with Crippen LogP contribution in [-0.2, 0) is 26.2 Å². The van der Waals surface area contributed by atoms with Gasteiger partial charge in [-0.2, -0.15) is 0 Å². The second-order valence-corrected chi connectivity index (χ2v) is 11.9. The Morgan fingerprint density at radius 2 is 1.67 bits per heavy atom. The van der Waals surface area contributed by atoms with Crippen molar-refractivity contribution in [3.63, 3.8) is 0 Å². The summed E-state index contributed by atoms with van der Waals surface area (Å²) in [6.07, 6.45) is 3.82. The minimum Gasteiger partial charge on any atom is -0.352 e. The summed E-state index contributed by atoms with van der Waals surface area (Å²) in [6.45, 7) is 1.04. The van der Waals surface area contributed by atoms with Crippen molar-refractivity contribution in [3.8, 4) is 0 Å². The van der Waals surface area contributed by atoms with Crippen LogP contribution in [0.1, 0.15) is 38.2 Å². The van der Waals surface area contributed by atoms with E-state index in [1.807, 2.05) is 0 Å². The monoisotopic (exact) mass is 571 g/mol. The van der Waals surface area contributed by atoms with E-state index in [0.29, 0.717) is 10.6 Å². The Labute approximate surface area is 233 Å². The van der Waals surface area contributed by atoms with Gasteiger partial charge >= 0.3 is 0 Å². The SMILES string of the molecule is C[C@@H](C(=O)NC1CCCC1)N(Cc1ccc(F)cc1)C(=O)CN(c1cccc(Cl)c1)S(=O)(=O)c1ccccc1. The third-order valence-corrected chi connectivity index (χ3v) is 8.86. The Hall–Kier alpha value is -3.43. The van der Waals surface area contributed by atoms with E-state index in [9.17, 15) is 22.4 Å². The molecule has 0 bridgehead atoms. The Morgan fingerprint density at radius 1 is 1.00 bits per heavy atom. The van der Waals surface area contributed by atoms with E-state index in [4.69, 9.17) is 11.6 Å². The highest BCUT2D eigenvalue weighted by Crippen LogP contribution is 2.27. The Balaban J connectivity index is 1.67. The standard InChI is InChI=1S/C29H31ClFN3O4S/c1-21(29(36)32-25-9-5-6-10-25)33(19-22-14-16-24(31)17-15-22)28(35)20-34(26-11-7-8-23(30)18-26)39(37,38)27-12-3-2-4-13-27/h2-4,7-8,11-18,21,25H,5-6,9-10,19-20H2,1H3,(H,32,36)/t21-/m0/s1. The first-order valence-electron chi connectivity index (χ1n) is 12.8. The molecule has 39 heavy (non-hydrogen) atoms. The highest BCUT2D eigenvalue weighted by molar-refractivity contribution is 7.92. The van der Waals surface area contributed by atoms with Crippen LogP contribution in [-0.4, -0.2) is 43.8 Å². The summed E-state index contributed by atoms with van der Waals surface area (Å²) in [4.78, 5) is 28.4. The number of benzene rings is 3. The van der Waals surface area contributed by atoms with E-state index >= 15 is 0 Å². The molecule has 3 aromatic rings. The molecule has 1 aliphatic carbocycles. The summed E-state index contributed by atoms with van der Waals surface area (Å²) in [5.41, 5.74) is 0.815. The number of nitrogens with zero attached hydrogens (tertiary/aromatic N) is 2. The molecule has 1 saturated carbocycles. The van der Waals surface area contributed by atoms with Crippen LogP contribution >= 0.6 is 11.6 Å². The molecule has 1 aliphatic rings. The van der Waals surface area contributed by atoms with E-state index in [1.165, 1.54) is 47.4 Å². The van der Waals surface area contributed by atoms with Crippen molar-refractivity contribution >= 4 is 39.1 Å². The van der Waals surface area contributed by atoms with Crippen LogP contribution in [0.2, 0.25) is 5.02 Å². The minimum atomic E-state index is -4.17. The highest BCUT2D eigenvalue weighted by atomic mass is 35.5. The normalized spacial score (nSPS) is 14.5. The fourth-order valence-electron chi connectivity index (χ4n) is 4.64. The quantitative estimate of drug-likeness (QED) is 0.365. The first-order chi connectivity index (χ1) is 18.6. The molecule has 4 rings (SSSR count). The zero-order chi connectivity index (χ0) is 28.0. The number of amides is 2. The number of halogens is 2. The molecule has 10 heteroatoms. The van der Waals surface area contributed by atoms with E-state index in [-0.39, 0.29) is 29.1 Å². The third-order valence-electron chi connectivity index (χ3n) is 6.84. The third kappa shape index (κ3) is 7.16. The second-order valence-electron chi connectivity index (χ2n) is 9.62. The van der Waals surface area contributed by atoms with Gasteiger partial charge in [-0.25, -0.2) is 12.8 Å². The van der Waals surface area contributed by atoms with Crippen molar-refractivity contribution < 1.29 is 22.4 Å². The summed E-state index contributed by atoms with van der Waals surface area (Å²) in [5, 5.41) is 3.32. The van der Waals surface area contributed by atoms with Gasteiger partial charge in [-0.05, 0) is 67.8 Å². The summed E-state index contributed by atoms with van der Waals surface area (Å²) in [6, 6.07) is 18.8. The molecule has 2 amide bonds. The van der Waals surface area contributed by atoms with Gasteiger partial charge in [0.05, 0.1) is 10.6 Å². The van der Waals surface area contributed by atoms with Crippen molar-refractivity contribution in [2.45, 2.75) is 56.1 Å².